The van der Waals surface area contributed by atoms with Crippen molar-refractivity contribution in [1.82, 2.24) is 25.7 Å². The summed E-state index contributed by atoms with van der Waals surface area (Å²) in [4.78, 5) is 24.3. The Labute approximate surface area is 121 Å². The van der Waals surface area contributed by atoms with Crippen molar-refractivity contribution in [3.8, 4) is 0 Å². The third-order valence-electron chi connectivity index (χ3n) is 2.52. The molecule has 20 heavy (non-hydrogen) atoms. The molecule has 0 bridgehead atoms. The van der Waals surface area contributed by atoms with Crippen molar-refractivity contribution >= 4 is 23.7 Å². The average Bonchev–Trinajstić information content (AvgIpc) is 2.85. The predicted molar refractivity (Wildman–Crippen MR) is 74.3 cm³/mol. The van der Waals surface area contributed by atoms with Crippen molar-refractivity contribution in [3.63, 3.8) is 0 Å². The van der Waals surface area contributed by atoms with Gasteiger partial charge >= 0.3 is 6.03 Å². The van der Waals surface area contributed by atoms with Gasteiger partial charge in [0.15, 0.2) is 0 Å². The smallest absolute Gasteiger partial charge is 0.321 e. The highest BCUT2D eigenvalue weighted by molar-refractivity contribution is 7.99. The van der Waals surface area contributed by atoms with Crippen LogP contribution < -0.4 is 10.6 Å². The molecular formula is C11H19N5O3S. The largest absolute Gasteiger partial charge is 0.414 e. The molecule has 0 radical (unpaired) electrons. The Kier molecular flexibility index (Phi) is 6.46. The van der Waals surface area contributed by atoms with E-state index in [2.05, 4.69) is 20.8 Å². The molecule has 9 heteroatoms. The Hall–Kier alpha value is -1.61. The number of thioether (sulfide) groups is 1. The van der Waals surface area contributed by atoms with Crippen LogP contribution in [-0.2, 0) is 4.79 Å². The standard InChI is InChI=1S/C11H19N5O3S/c1-5-7(16(3)4)9-14-15-11(19-9)20-6-8(17)13-10(18)12-2/h7H,5-6H2,1-4H3,(H2,12,13,17,18)/t7-/m0/s1. The van der Waals surface area contributed by atoms with Crippen LogP contribution in [0, 0.1) is 0 Å². The molecule has 1 atom stereocenters. The van der Waals surface area contributed by atoms with E-state index in [-0.39, 0.29) is 11.8 Å². The lowest BCUT2D eigenvalue weighted by atomic mass is 10.2. The van der Waals surface area contributed by atoms with Crippen LogP contribution in [0.2, 0.25) is 0 Å². The molecule has 0 aliphatic heterocycles. The summed E-state index contributed by atoms with van der Waals surface area (Å²) in [5.74, 6) is 0.133. The topological polar surface area (TPSA) is 100 Å². The van der Waals surface area contributed by atoms with Gasteiger partial charge in [0.25, 0.3) is 5.22 Å². The summed E-state index contributed by atoms with van der Waals surface area (Å²) >= 11 is 1.09. The van der Waals surface area contributed by atoms with Crippen molar-refractivity contribution in [2.75, 3.05) is 26.9 Å². The molecule has 0 aromatic carbocycles. The van der Waals surface area contributed by atoms with Gasteiger partial charge in [-0.05, 0) is 20.5 Å². The van der Waals surface area contributed by atoms with E-state index in [0.717, 1.165) is 18.2 Å². The zero-order valence-corrected chi connectivity index (χ0v) is 12.8. The summed E-state index contributed by atoms with van der Waals surface area (Å²) in [6.07, 6.45) is 0.844. The van der Waals surface area contributed by atoms with Gasteiger partial charge in [-0.25, -0.2) is 4.79 Å². The Morgan fingerprint density at radius 1 is 1.40 bits per heavy atom. The van der Waals surface area contributed by atoms with E-state index in [1.165, 1.54) is 7.05 Å². The number of aromatic nitrogens is 2. The van der Waals surface area contributed by atoms with Gasteiger partial charge in [0.2, 0.25) is 11.8 Å². The number of amides is 3. The van der Waals surface area contributed by atoms with Crippen LogP contribution in [0.1, 0.15) is 25.3 Å². The molecule has 3 amide bonds. The van der Waals surface area contributed by atoms with E-state index >= 15 is 0 Å². The van der Waals surface area contributed by atoms with Crippen molar-refractivity contribution in [2.24, 2.45) is 0 Å². The Bertz CT molecular complexity index is 463. The van der Waals surface area contributed by atoms with E-state index in [1.807, 2.05) is 25.9 Å². The number of carbonyl (C=O) groups is 2. The molecule has 0 aliphatic carbocycles. The molecule has 0 saturated carbocycles. The Morgan fingerprint density at radius 2 is 2.10 bits per heavy atom. The molecule has 0 saturated heterocycles. The van der Waals surface area contributed by atoms with Gasteiger partial charge in [0.05, 0.1) is 11.8 Å². The number of rotatable bonds is 6. The number of hydrogen-bond donors (Lipinski definition) is 2. The third kappa shape index (κ3) is 4.82. The number of carbonyl (C=O) groups excluding carboxylic acids is 2. The molecule has 0 spiro atoms. The third-order valence-corrected chi connectivity index (χ3v) is 3.34. The molecule has 1 heterocycles. The van der Waals surface area contributed by atoms with Crippen LogP contribution in [0.4, 0.5) is 4.79 Å². The van der Waals surface area contributed by atoms with Gasteiger partial charge in [0.1, 0.15) is 0 Å². The number of nitrogens with zero attached hydrogens (tertiary/aromatic N) is 3. The number of imide groups is 1. The van der Waals surface area contributed by atoms with Crippen molar-refractivity contribution in [2.45, 2.75) is 24.6 Å². The van der Waals surface area contributed by atoms with Crippen molar-refractivity contribution < 1.29 is 14.0 Å². The molecule has 0 aliphatic rings. The minimum Gasteiger partial charge on any atom is -0.414 e. The summed E-state index contributed by atoms with van der Waals surface area (Å²) < 4.78 is 5.50. The first-order valence-corrected chi connectivity index (χ1v) is 7.10. The van der Waals surface area contributed by atoms with Crippen LogP contribution in [0.15, 0.2) is 9.64 Å². The van der Waals surface area contributed by atoms with E-state index in [1.54, 1.807) is 0 Å². The fraction of sp³-hybridized carbons (Fsp3) is 0.636. The highest BCUT2D eigenvalue weighted by atomic mass is 32.2. The van der Waals surface area contributed by atoms with E-state index in [4.69, 9.17) is 4.42 Å². The fourth-order valence-electron chi connectivity index (χ4n) is 1.53. The molecule has 1 rings (SSSR count). The second kappa shape index (κ2) is 7.85. The molecule has 0 fully saturated rings. The number of nitrogens with one attached hydrogen (secondary N) is 2. The highest BCUT2D eigenvalue weighted by Gasteiger charge is 2.19. The molecule has 112 valence electrons. The summed E-state index contributed by atoms with van der Waals surface area (Å²) in [6.45, 7) is 2.03. The molecule has 0 unspecified atom stereocenters. The Morgan fingerprint density at radius 3 is 2.65 bits per heavy atom. The van der Waals surface area contributed by atoms with Crippen LogP contribution in [0.5, 0.6) is 0 Å². The average molecular weight is 301 g/mol. The van der Waals surface area contributed by atoms with Crippen LogP contribution in [0.25, 0.3) is 0 Å². The van der Waals surface area contributed by atoms with E-state index in [9.17, 15) is 9.59 Å². The van der Waals surface area contributed by atoms with Gasteiger partial charge in [0, 0.05) is 7.05 Å². The normalized spacial score (nSPS) is 12.2. The van der Waals surface area contributed by atoms with Gasteiger partial charge in [-0.1, -0.05) is 18.7 Å². The fourth-order valence-corrected chi connectivity index (χ4v) is 2.10. The molecule has 1 aromatic rings. The van der Waals surface area contributed by atoms with Crippen LogP contribution in [-0.4, -0.2) is 53.9 Å². The number of hydrogen-bond acceptors (Lipinski definition) is 7. The lowest BCUT2D eigenvalue weighted by Gasteiger charge is -2.18. The lowest BCUT2D eigenvalue weighted by Crippen LogP contribution is -2.38. The maximum atomic E-state index is 11.4. The molecule has 2 N–H and O–H groups in total. The lowest BCUT2D eigenvalue weighted by molar-refractivity contribution is -0.117. The molecule has 8 nitrogen and oxygen atoms in total. The maximum absolute atomic E-state index is 11.4. The number of urea groups is 1. The summed E-state index contributed by atoms with van der Waals surface area (Å²) in [6, 6.07) is -0.489. The second-order valence-electron chi connectivity index (χ2n) is 4.21. The Balaban J connectivity index is 2.52. The molecular weight excluding hydrogens is 282 g/mol. The van der Waals surface area contributed by atoms with Crippen molar-refractivity contribution in [1.29, 1.82) is 0 Å². The summed E-state index contributed by atoms with van der Waals surface area (Å²) in [5.41, 5.74) is 0. The first-order chi connectivity index (χ1) is 9.47. The van der Waals surface area contributed by atoms with Gasteiger partial charge < -0.3 is 9.73 Å². The van der Waals surface area contributed by atoms with Gasteiger partial charge in [-0.3, -0.25) is 15.0 Å². The first-order valence-electron chi connectivity index (χ1n) is 6.12. The highest BCUT2D eigenvalue weighted by Crippen LogP contribution is 2.23. The van der Waals surface area contributed by atoms with Gasteiger partial charge in [-0.15, -0.1) is 10.2 Å². The van der Waals surface area contributed by atoms with Crippen LogP contribution >= 0.6 is 11.8 Å². The second-order valence-corrected chi connectivity index (χ2v) is 5.14. The maximum Gasteiger partial charge on any atom is 0.321 e. The molecule has 1 aromatic heterocycles. The minimum absolute atomic E-state index is 0.0355. The monoisotopic (exact) mass is 301 g/mol. The predicted octanol–water partition coefficient (Wildman–Crippen LogP) is 0.630. The SMILES string of the molecule is CC[C@@H](c1nnc(SCC(=O)NC(=O)NC)o1)N(C)C. The van der Waals surface area contributed by atoms with E-state index < -0.39 is 11.9 Å². The van der Waals surface area contributed by atoms with E-state index in [0.29, 0.717) is 11.1 Å². The first kappa shape index (κ1) is 16.4. The zero-order valence-electron chi connectivity index (χ0n) is 12.0. The van der Waals surface area contributed by atoms with Gasteiger partial charge in [-0.2, -0.15) is 0 Å². The van der Waals surface area contributed by atoms with Crippen LogP contribution in [0.3, 0.4) is 0 Å². The zero-order chi connectivity index (χ0) is 15.1. The van der Waals surface area contributed by atoms with Crippen molar-refractivity contribution in [3.05, 3.63) is 5.89 Å². The summed E-state index contributed by atoms with van der Waals surface area (Å²) in [5, 5.41) is 12.6. The summed E-state index contributed by atoms with van der Waals surface area (Å²) in [7, 11) is 5.30. The quantitative estimate of drug-likeness (QED) is 0.743. The minimum atomic E-state index is -0.541.